The third-order valence-corrected chi connectivity index (χ3v) is 2.69. The third kappa shape index (κ3) is 4.31. The molecule has 0 aliphatic rings. The van der Waals surface area contributed by atoms with Crippen LogP contribution in [0.4, 0.5) is 0 Å². The number of esters is 1. The molecule has 0 aliphatic carbocycles. The summed E-state index contributed by atoms with van der Waals surface area (Å²) in [5.41, 5.74) is 0.468. The zero-order chi connectivity index (χ0) is 15.1. The Bertz CT molecular complexity index is 642. The summed E-state index contributed by atoms with van der Waals surface area (Å²) in [6.45, 7) is 0. The molecule has 0 radical (unpaired) electrons. The second-order valence-electron chi connectivity index (χ2n) is 4.16. The summed E-state index contributed by atoms with van der Waals surface area (Å²) in [5, 5.41) is 0. The molecule has 2 aromatic rings. The van der Waals surface area contributed by atoms with Crippen molar-refractivity contribution in [2.45, 2.75) is 0 Å². The van der Waals surface area contributed by atoms with Gasteiger partial charge in [-0.15, -0.1) is 0 Å². The van der Waals surface area contributed by atoms with Gasteiger partial charge in [-0.1, -0.05) is 18.2 Å². The predicted molar refractivity (Wildman–Crippen MR) is 78.4 cm³/mol. The zero-order valence-corrected chi connectivity index (χ0v) is 11.5. The fraction of sp³-hybridized carbons (Fsp3) is 0.0588. The maximum Gasteiger partial charge on any atom is 0.330 e. The molecule has 0 saturated carbocycles. The van der Waals surface area contributed by atoms with Crippen LogP contribution in [0.15, 0.2) is 66.7 Å². The highest BCUT2D eigenvalue weighted by atomic mass is 16.5. The van der Waals surface area contributed by atoms with Gasteiger partial charge in [0.2, 0.25) is 0 Å². The minimum Gasteiger partial charge on any atom is -0.466 e. The van der Waals surface area contributed by atoms with Crippen molar-refractivity contribution in [3.8, 4) is 11.5 Å². The number of ketones is 1. The molecule has 4 heteroatoms. The molecule has 0 atom stereocenters. The monoisotopic (exact) mass is 282 g/mol. The molecule has 0 aromatic heterocycles. The van der Waals surface area contributed by atoms with E-state index in [1.165, 1.54) is 13.2 Å². The van der Waals surface area contributed by atoms with Crippen LogP contribution in [0.3, 0.4) is 0 Å². The summed E-state index contributed by atoms with van der Waals surface area (Å²) in [6, 6.07) is 16.0. The lowest BCUT2D eigenvalue weighted by Crippen LogP contribution is -1.98. The summed E-state index contributed by atoms with van der Waals surface area (Å²) >= 11 is 0. The van der Waals surface area contributed by atoms with Crippen LogP contribution in [0.1, 0.15) is 10.4 Å². The summed E-state index contributed by atoms with van der Waals surface area (Å²) in [7, 11) is 1.26. The number of hydrogen-bond donors (Lipinski definition) is 0. The number of allylic oxidation sites excluding steroid dienone is 1. The van der Waals surface area contributed by atoms with Gasteiger partial charge in [0, 0.05) is 11.6 Å². The highest BCUT2D eigenvalue weighted by Gasteiger charge is 2.04. The summed E-state index contributed by atoms with van der Waals surface area (Å²) in [6.07, 6.45) is 2.27. The Morgan fingerprint density at radius 3 is 2.10 bits per heavy atom. The van der Waals surface area contributed by atoms with Crippen LogP contribution < -0.4 is 4.74 Å². The molecule has 2 aromatic carbocycles. The van der Waals surface area contributed by atoms with Crippen molar-refractivity contribution in [3.63, 3.8) is 0 Å². The number of ether oxygens (including phenoxy) is 2. The molecule has 0 unspecified atom stereocenters. The van der Waals surface area contributed by atoms with E-state index < -0.39 is 5.97 Å². The minimum atomic E-state index is -0.563. The van der Waals surface area contributed by atoms with Crippen molar-refractivity contribution in [1.82, 2.24) is 0 Å². The molecule has 0 bridgehead atoms. The smallest absolute Gasteiger partial charge is 0.330 e. The number of hydrogen-bond acceptors (Lipinski definition) is 4. The zero-order valence-electron chi connectivity index (χ0n) is 11.5. The van der Waals surface area contributed by atoms with Gasteiger partial charge in [0.05, 0.1) is 7.11 Å². The van der Waals surface area contributed by atoms with Gasteiger partial charge in [0.15, 0.2) is 5.78 Å². The molecule has 0 fully saturated rings. The van der Waals surface area contributed by atoms with Crippen LogP contribution in [-0.4, -0.2) is 18.9 Å². The molecule has 0 heterocycles. The van der Waals surface area contributed by atoms with Crippen LogP contribution >= 0.6 is 0 Å². The van der Waals surface area contributed by atoms with Crippen molar-refractivity contribution in [3.05, 3.63) is 72.3 Å². The van der Waals surface area contributed by atoms with E-state index in [-0.39, 0.29) is 5.78 Å². The maximum atomic E-state index is 11.8. The molecule has 0 amide bonds. The topological polar surface area (TPSA) is 52.6 Å². The molecule has 0 N–H and O–H groups in total. The first-order valence-electron chi connectivity index (χ1n) is 6.32. The lowest BCUT2D eigenvalue weighted by Gasteiger charge is -2.05. The van der Waals surface area contributed by atoms with Crippen LogP contribution in [0.25, 0.3) is 0 Å². The molecule has 106 valence electrons. The average molecular weight is 282 g/mol. The van der Waals surface area contributed by atoms with Gasteiger partial charge in [0.25, 0.3) is 0 Å². The Morgan fingerprint density at radius 1 is 0.857 bits per heavy atom. The summed E-state index contributed by atoms with van der Waals surface area (Å²) in [5.74, 6) is 0.524. The first-order chi connectivity index (χ1) is 10.2. The first-order valence-corrected chi connectivity index (χ1v) is 6.32. The van der Waals surface area contributed by atoms with Crippen molar-refractivity contribution >= 4 is 11.8 Å². The number of methoxy groups -OCH3 is 1. The largest absolute Gasteiger partial charge is 0.466 e. The van der Waals surface area contributed by atoms with Crippen molar-refractivity contribution < 1.29 is 19.1 Å². The Balaban J connectivity index is 2.03. The van der Waals surface area contributed by atoms with E-state index in [0.717, 1.165) is 11.8 Å². The van der Waals surface area contributed by atoms with Gasteiger partial charge in [-0.2, -0.15) is 0 Å². The van der Waals surface area contributed by atoms with Gasteiger partial charge in [0.1, 0.15) is 11.5 Å². The molecule has 0 saturated heterocycles. The number of benzene rings is 2. The highest BCUT2D eigenvalue weighted by Crippen LogP contribution is 2.21. The van der Waals surface area contributed by atoms with E-state index in [0.29, 0.717) is 11.3 Å². The highest BCUT2D eigenvalue weighted by molar-refractivity contribution is 6.07. The Kier molecular flexibility index (Phi) is 4.88. The molecule has 0 aliphatic heterocycles. The van der Waals surface area contributed by atoms with Crippen LogP contribution in [-0.2, 0) is 9.53 Å². The second-order valence-corrected chi connectivity index (χ2v) is 4.16. The SMILES string of the molecule is COC(=O)C=CC(=O)c1ccc(Oc2ccccc2)cc1. The lowest BCUT2D eigenvalue weighted by atomic mass is 10.1. The van der Waals surface area contributed by atoms with Crippen LogP contribution in [0.2, 0.25) is 0 Å². The van der Waals surface area contributed by atoms with Gasteiger partial charge in [-0.3, -0.25) is 4.79 Å². The molecule has 2 rings (SSSR count). The summed E-state index contributed by atoms with van der Waals surface area (Å²) < 4.78 is 10.0. The van der Waals surface area contributed by atoms with E-state index in [4.69, 9.17) is 4.74 Å². The number of carbonyl (C=O) groups excluding carboxylic acids is 2. The van der Waals surface area contributed by atoms with Gasteiger partial charge >= 0.3 is 5.97 Å². The lowest BCUT2D eigenvalue weighted by molar-refractivity contribution is -0.134. The third-order valence-electron chi connectivity index (χ3n) is 2.69. The van der Waals surface area contributed by atoms with Crippen LogP contribution in [0, 0.1) is 0 Å². The predicted octanol–water partition coefficient (Wildman–Crippen LogP) is 3.39. The molecular weight excluding hydrogens is 268 g/mol. The van der Waals surface area contributed by atoms with Crippen molar-refractivity contribution in [2.75, 3.05) is 7.11 Å². The van der Waals surface area contributed by atoms with Gasteiger partial charge in [-0.05, 0) is 42.5 Å². The quantitative estimate of drug-likeness (QED) is 0.479. The van der Waals surface area contributed by atoms with Gasteiger partial charge in [-0.25, -0.2) is 4.79 Å². The molecule has 4 nitrogen and oxygen atoms in total. The Morgan fingerprint density at radius 2 is 1.48 bits per heavy atom. The normalized spacial score (nSPS) is 10.3. The van der Waals surface area contributed by atoms with E-state index in [9.17, 15) is 9.59 Å². The second kappa shape index (κ2) is 7.05. The number of para-hydroxylation sites is 1. The van der Waals surface area contributed by atoms with E-state index >= 15 is 0 Å². The van der Waals surface area contributed by atoms with Gasteiger partial charge < -0.3 is 9.47 Å². The Hall–Kier alpha value is -2.88. The molecular formula is C17H14O4. The molecule has 0 spiro atoms. The minimum absolute atomic E-state index is 0.272. The number of rotatable bonds is 5. The van der Waals surface area contributed by atoms with E-state index in [1.807, 2.05) is 30.3 Å². The first kappa shape index (κ1) is 14.5. The molecule has 21 heavy (non-hydrogen) atoms. The average Bonchev–Trinajstić information content (AvgIpc) is 2.54. The fourth-order valence-corrected chi connectivity index (χ4v) is 1.62. The van der Waals surface area contributed by atoms with Crippen molar-refractivity contribution in [1.29, 1.82) is 0 Å². The van der Waals surface area contributed by atoms with E-state index in [1.54, 1.807) is 24.3 Å². The maximum absolute atomic E-state index is 11.8. The van der Waals surface area contributed by atoms with Crippen LogP contribution in [0.5, 0.6) is 11.5 Å². The number of carbonyl (C=O) groups is 2. The Labute approximate surface area is 122 Å². The van der Waals surface area contributed by atoms with E-state index in [2.05, 4.69) is 4.74 Å². The standard InChI is InChI=1S/C17H14O4/c1-20-17(19)12-11-16(18)13-7-9-15(10-8-13)21-14-5-3-2-4-6-14/h2-12H,1H3. The summed E-state index contributed by atoms with van der Waals surface area (Å²) in [4.78, 5) is 22.7. The fourth-order valence-electron chi connectivity index (χ4n) is 1.62. The van der Waals surface area contributed by atoms with Crippen molar-refractivity contribution in [2.24, 2.45) is 0 Å².